The fourth-order valence-electron chi connectivity index (χ4n) is 2.52. The highest BCUT2D eigenvalue weighted by Crippen LogP contribution is 2.19. The summed E-state index contributed by atoms with van der Waals surface area (Å²) < 4.78 is 26.2. The van der Waals surface area contributed by atoms with Crippen molar-refractivity contribution in [3.05, 3.63) is 23.0 Å². The van der Waals surface area contributed by atoms with Gasteiger partial charge in [0.2, 0.25) is 10.0 Å². The first kappa shape index (κ1) is 14.5. The molecule has 1 aliphatic rings. The van der Waals surface area contributed by atoms with Crippen LogP contribution in [-0.4, -0.2) is 65.3 Å². The molecule has 114 valence electrons. The minimum atomic E-state index is -3.18. The van der Waals surface area contributed by atoms with Gasteiger partial charge in [-0.2, -0.15) is 4.31 Å². The van der Waals surface area contributed by atoms with E-state index in [2.05, 4.69) is 4.98 Å². The number of hydrogen-bond donors (Lipinski definition) is 0. The first-order valence-electron chi connectivity index (χ1n) is 6.54. The van der Waals surface area contributed by atoms with E-state index in [-0.39, 0.29) is 5.91 Å². The molecule has 0 saturated carbocycles. The first-order chi connectivity index (χ1) is 9.88. The van der Waals surface area contributed by atoms with Crippen LogP contribution < -0.4 is 0 Å². The molecular formula is C12H16N4O3S2. The summed E-state index contributed by atoms with van der Waals surface area (Å²) in [5.74, 6) is -0.0912. The van der Waals surface area contributed by atoms with Gasteiger partial charge in [-0.1, -0.05) is 0 Å². The quantitative estimate of drug-likeness (QED) is 0.801. The zero-order valence-corrected chi connectivity index (χ0v) is 13.4. The van der Waals surface area contributed by atoms with Crippen LogP contribution in [0.4, 0.5) is 0 Å². The molecule has 21 heavy (non-hydrogen) atoms. The van der Waals surface area contributed by atoms with E-state index >= 15 is 0 Å². The monoisotopic (exact) mass is 328 g/mol. The largest absolute Gasteiger partial charge is 0.335 e. The minimum absolute atomic E-state index is 0.0912. The Kier molecular flexibility index (Phi) is 3.50. The summed E-state index contributed by atoms with van der Waals surface area (Å²) in [6, 6.07) is 0. The maximum absolute atomic E-state index is 12.7. The van der Waals surface area contributed by atoms with Crippen LogP contribution in [0.25, 0.3) is 4.96 Å². The van der Waals surface area contributed by atoms with Crippen molar-refractivity contribution in [3.63, 3.8) is 0 Å². The number of sulfonamides is 1. The number of aryl methyl sites for hydroxylation is 1. The van der Waals surface area contributed by atoms with E-state index in [0.717, 1.165) is 4.96 Å². The van der Waals surface area contributed by atoms with Gasteiger partial charge in [0.15, 0.2) is 4.96 Å². The van der Waals surface area contributed by atoms with E-state index in [1.165, 1.54) is 21.9 Å². The van der Waals surface area contributed by atoms with Gasteiger partial charge in [0.1, 0.15) is 5.69 Å². The summed E-state index contributed by atoms with van der Waals surface area (Å²) in [5, 5.41) is 1.89. The van der Waals surface area contributed by atoms with Gasteiger partial charge in [0, 0.05) is 37.8 Å². The van der Waals surface area contributed by atoms with Crippen molar-refractivity contribution in [2.24, 2.45) is 0 Å². The lowest BCUT2D eigenvalue weighted by molar-refractivity contribution is 0.0690. The Hall–Kier alpha value is -1.45. The lowest BCUT2D eigenvalue weighted by Gasteiger charge is -2.33. The van der Waals surface area contributed by atoms with Gasteiger partial charge in [-0.05, 0) is 6.92 Å². The number of carbonyl (C=O) groups is 1. The second kappa shape index (κ2) is 5.08. The summed E-state index contributed by atoms with van der Waals surface area (Å²) in [7, 11) is -3.18. The summed E-state index contributed by atoms with van der Waals surface area (Å²) >= 11 is 1.48. The smallest absolute Gasteiger partial charge is 0.272 e. The standard InChI is InChI=1S/C12H16N4O3S2/c1-9-10(16-7-8-20-12(16)13-9)11(17)14-3-5-15(6-4-14)21(2,18)19/h7-8H,3-6H2,1-2H3. The Balaban J connectivity index is 1.81. The van der Waals surface area contributed by atoms with E-state index in [0.29, 0.717) is 37.6 Å². The molecule has 7 nitrogen and oxygen atoms in total. The van der Waals surface area contributed by atoms with E-state index in [1.807, 2.05) is 18.5 Å². The highest BCUT2D eigenvalue weighted by atomic mass is 32.2. The van der Waals surface area contributed by atoms with Crippen LogP contribution in [0.5, 0.6) is 0 Å². The molecule has 9 heteroatoms. The number of nitrogens with zero attached hydrogens (tertiary/aromatic N) is 4. The van der Waals surface area contributed by atoms with Crippen LogP contribution in [0.1, 0.15) is 16.2 Å². The molecule has 3 heterocycles. The molecule has 0 atom stereocenters. The predicted molar refractivity (Wildman–Crippen MR) is 80.1 cm³/mol. The second-order valence-electron chi connectivity index (χ2n) is 5.06. The van der Waals surface area contributed by atoms with E-state index in [4.69, 9.17) is 0 Å². The fraction of sp³-hybridized carbons (Fsp3) is 0.500. The number of carbonyl (C=O) groups excluding carboxylic acids is 1. The van der Waals surface area contributed by atoms with Gasteiger partial charge >= 0.3 is 0 Å². The predicted octanol–water partition coefficient (Wildman–Crippen LogP) is 0.422. The van der Waals surface area contributed by atoms with Crippen molar-refractivity contribution in [2.45, 2.75) is 6.92 Å². The van der Waals surface area contributed by atoms with Crippen molar-refractivity contribution in [1.29, 1.82) is 0 Å². The SMILES string of the molecule is Cc1nc2sccn2c1C(=O)N1CCN(S(C)(=O)=O)CC1. The van der Waals surface area contributed by atoms with Crippen LogP contribution in [0, 0.1) is 6.92 Å². The van der Waals surface area contributed by atoms with Crippen LogP contribution in [0.3, 0.4) is 0 Å². The molecule has 0 bridgehead atoms. The lowest BCUT2D eigenvalue weighted by Crippen LogP contribution is -2.50. The number of thiazole rings is 1. The van der Waals surface area contributed by atoms with Crippen LogP contribution >= 0.6 is 11.3 Å². The van der Waals surface area contributed by atoms with Crippen molar-refractivity contribution < 1.29 is 13.2 Å². The van der Waals surface area contributed by atoms with Gasteiger partial charge in [0.05, 0.1) is 11.9 Å². The molecule has 0 N–H and O–H groups in total. The number of fused-ring (bicyclic) bond motifs is 1. The molecule has 0 unspecified atom stereocenters. The maximum atomic E-state index is 12.7. The summed E-state index contributed by atoms with van der Waals surface area (Å²) in [5.41, 5.74) is 1.27. The third-order valence-electron chi connectivity index (χ3n) is 3.63. The number of hydrogen-bond acceptors (Lipinski definition) is 5. The highest BCUT2D eigenvalue weighted by Gasteiger charge is 2.29. The minimum Gasteiger partial charge on any atom is -0.335 e. The van der Waals surface area contributed by atoms with E-state index in [1.54, 1.807) is 9.30 Å². The van der Waals surface area contributed by atoms with Crippen LogP contribution in [0.15, 0.2) is 11.6 Å². The highest BCUT2D eigenvalue weighted by molar-refractivity contribution is 7.88. The third-order valence-corrected chi connectivity index (χ3v) is 5.69. The Morgan fingerprint density at radius 2 is 1.95 bits per heavy atom. The number of rotatable bonds is 2. The summed E-state index contributed by atoms with van der Waals surface area (Å²) in [4.78, 5) is 19.5. The molecule has 0 aromatic carbocycles. The van der Waals surface area contributed by atoms with Crippen LogP contribution in [-0.2, 0) is 10.0 Å². The topological polar surface area (TPSA) is 75.0 Å². The molecule has 0 aliphatic carbocycles. The maximum Gasteiger partial charge on any atom is 0.272 e. The van der Waals surface area contributed by atoms with Crippen molar-refractivity contribution in [3.8, 4) is 0 Å². The molecule has 1 fully saturated rings. The lowest BCUT2D eigenvalue weighted by atomic mass is 10.2. The van der Waals surface area contributed by atoms with E-state index in [9.17, 15) is 13.2 Å². The number of aromatic nitrogens is 2. The van der Waals surface area contributed by atoms with Crippen molar-refractivity contribution in [2.75, 3.05) is 32.4 Å². The summed E-state index contributed by atoms with van der Waals surface area (Å²) in [6.45, 7) is 3.32. The van der Waals surface area contributed by atoms with Gasteiger partial charge in [-0.3, -0.25) is 9.20 Å². The zero-order valence-electron chi connectivity index (χ0n) is 11.8. The second-order valence-corrected chi connectivity index (χ2v) is 7.91. The van der Waals surface area contributed by atoms with Crippen molar-refractivity contribution in [1.82, 2.24) is 18.6 Å². The Morgan fingerprint density at radius 3 is 2.57 bits per heavy atom. The zero-order chi connectivity index (χ0) is 15.2. The molecule has 1 amide bonds. The van der Waals surface area contributed by atoms with Gasteiger partial charge in [-0.15, -0.1) is 11.3 Å². The number of piperazine rings is 1. The molecule has 1 aliphatic heterocycles. The fourth-order valence-corrected chi connectivity index (χ4v) is 4.11. The van der Waals surface area contributed by atoms with E-state index < -0.39 is 10.0 Å². The molecule has 0 spiro atoms. The molecule has 0 radical (unpaired) electrons. The van der Waals surface area contributed by atoms with Gasteiger partial charge in [0.25, 0.3) is 5.91 Å². The molecule has 2 aromatic rings. The van der Waals surface area contributed by atoms with Gasteiger partial charge < -0.3 is 4.90 Å². The Labute approximate surface area is 126 Å². The average Bonchev–Trinajstić information content (AvgIpc) is 2.97. The molecular weight excluding hydrogens is 312 g/mol. The van der Waals surface area contributed by atoms with Crippen molar-refractivity contribution >= 4 is 32.2 Å². The Morgan fingerprint density at radius 1 is 1.29 bits per heavy atom. The molecule has 1 saturated heterocycles. The molecule has 3 rings (SSSR count). The van der Waals surface area contributed by atoms with Gasteiger partial charge in [-0.25, -0.2) is 13.4 Å². The Bertz CT molecular complexity index is 785. The number of imidazole rings is 1. The number of amides is 1. The molecule has 2 aromatic heterocycles. The van der Waals surface area contributed by atoms with Crippen LogP contribution in [0.2, 0.25) is 0 Å². The summed E-state index contributed by atoms with van der Waals surface area (Å²) in [6.07, 6.45) is 3.03. The third kappa shape index (κ3) is 2.56. The normalized spacial score (nSPS) is 17.5. The average molecular weight is 328 g/mol. The first-order valence-corrected chi connectivity index (χ1v) is 9.27.